The van der Waals surface area contributed by atoms with Crippen LogP contribution in [-0.4, -0.2) is 108 Å². The highest BCUT2D eigenvalue weighted by atomic mass is 16.6. The minimum absolute atomic E-state index is 0.0638. The lowest BCUT2D eigenvalue weighted by Gasteiger charge is -2.29. The zero-order chi connectivity index (χ0) is 38.5. The van der Waals surface area contributed by atoms with E-state index in [9.17, 15) is 43.8 Å². The average Bonchev–Trinajstić information content (AvgIpc) is 3.99. The number of ketones is 1. The van der Waals surface area contributed by atoms with Gasteiger partial charge in [0.1, 0.15) is 29.7 Å². The molecular weight excluding hydrogens is 688 g/mol. The Morgan fingerprint density at radius 2 is 1.55 bits per heavy atom. The summed E-state index contributed by atoms with van der Waals surface area (Å²) in [4.78, 5) is 91.0. The summed E-state index contributed by atoms with van der Waals surface area (Å²) in [6, 6.07) is 5.99. The van der Waals surface area contributed by atoms with Crippen LogP contribution in [0.4, 0.5) is 0 Å². The van der Waals surface area contributed by atoms with Crippen LogP contribution in [-0.2, 0) is 44.7 Å². The van der Waals surface area contributed by atoms with Crippen molar-refractivity contribution in [3.8, 4) is 22.6 Å². The largest absolute Gasteiger partial charge is 0.507 e. The van der Waals surface area contributed by atoms with Gasteiger partial charge in [0.25, 0.3) is 0 Å². The number of hydrogen-bond donors (Lipinski definition) is 7. The molecule has 0 saturated carbocycles. The third kappa shape index (κ3) is 12.0. The van der Waals surface area contributed by atoms with Gasteiger partial charge in [0, 0.05) is 44.0 Å². The van der Waals surface area contributed by atoms with Crippen LogP contribution in [0.15, 0.2) is 36.4 Å². The Bertz CT molecular complexity index is 1690. The maximum absolute atomic E-state index is 13.7. The number of fused-ring (bicyclic) bond motifs is 5. The molecule has 53 heavy (non-hydrogen) atoms. The Morgan fingerprint density at radius 3 is 2.26 bits per heavy atom. The molecule has 16 heteroatoms. The van der Waals surface area contributed by atoms with E-state index in [0.717, 1.165) is 37.0 Å². The SMILES string of the molecule is CCCCCCCC(=O)NCCC(=O)NCC(=O)N(C)C1C(=O)NCC(=O)NC(C(=O)NCC(=O)C2CO2)Cc2ccc(O)c(c2)-c2cc1ccc2O. The lowest BCUT2D eigenvalue weighted by molar-refractivity contribution is -0.140. The molecule has 286 valence electrons. The number of amides is 6. The van der Waals surface area contributed by atoms with Gasteiger partial charge in [-0.25, -0.2) is 0 Å². The number of benzene rings is 2. The Labute approximate surface area is 307 Å². The number of rotatable bonds is 16. The minimum Gasteiger partial charge on any atom is -0.507 e. The lowest BCUT2D eigenvalue weighted by Crippen LogP contribution is -2.52. The number of phenolic OH excluding ortho intramolecular Hbond substituents is 2. The average molecular weight is 737 g/mol. The van der Waals surface area contributed by atoms with Gasteiger partial charge in [-0.15, -0.1) is 0 Å². The predicted molar refractivity (Wildman–Crippen MR) is 191 cm³/mol. The van der Waals surface area contributed by atoms with Crippen LogP contribution in [0.1, 0.15) is 69.0 Å². The van der Waals surface area contributed by atoms with Crippen LogP contribution in [0, 0.1) is 0 Å². The molecule has 4 rings (SSSR count). The van der Waals surface area contributed by atoms with Crippen molar-refractivity contribution < 1.29 is 48.5 Å². The van der Waals surface area contributed by atoms with Crippen molar-refractivity contribution in [3.63, 3.8) is 0 Å². The molecule has 16 nitrogen and oxygen atoms in total. The summed E-state index contributed by atoms with van der Waals surface area (Å²) in [7, 11) is 1.33. The number of Topliss-reactive ketones (excluding diaryl/α,β-unsaturated/α-hetero) is 1. The maximum atomic E-state index is 13.7. The molecule has 2 aliphatic heterocycles. The number of unbranched alkanes of at least 4 members (excludes halogenated alkanes) is 4. The monoisotopic (exact) mass is 736 g/mol. The molecule has 2 aromatic carbocycles. The normalized spacial score (nSPS) is 18.0. The molecule has 1 fully saturated rings. The first kappa shape index (κ1) is 40.3. The molecule has 6 amide bonds. The molecular formula is C37H48N6O10. The van der Waals surface area contributed by atoms with Gasteiger partial charge in [-0.3, -0.25) is 33.6 Å². The number of aromatic hydroxyl groups is 2. The molecule has 2 heterocycles. The van der Waals surface area contributed by atoms with E-state index in [1.807, 2.05) is 0 Å². The quantitative estimate of drug-likeness (QED) is 0.0931. The summed E-state index contributed by atoms with van der Waals surface area (Å²) >= 11 is 0. The number of ether oxygens (including phenoxy) is 1. The first-order valence-electron chi connectivity index (χ1n) is 17.8. The molecule has 3 atom stereocenters. The summed E-state index contributed by atoms with van der Waals surface area (Å²) in [5.74, 6) is -4.31. The number of carbonyl (C=O) groups is 7. The molecule has 0 radical (unpaired) electrons. The smallest absolute Gasteiger partial charge is 0.247 e. The van der Waals surface area contributed by atoms with Crippen molar-refractivity contribution in [3.05, 3.63) is 47.5 Å². The van der Waals surface area contributed by atoms with Crippen molar-refractivity contribution >= 4 is 41.2 Å². The molecule has 1 saturated heterocycles. The second-order valence-electron chi connectivity index (χ2n) is 13.1. The van der Waals surface area contributed by atoms with Gasteiger partial charge in [0.15, 0.2) is 5.78 Å². The number of carbonyl (C=O) groups excluding carboxylic acids is 7. The van der Waals surface area contributed by atoms with E-state index in [1.54, 1.807) is 0 Å². The predicted octanol–water partition coefficient (Wildman–Crippen LogP) is 0.489. The number of epoxide rings is 1. The van der Waals surface area contributed by atoms with Crippen LogP contribution in [0.2, 0.25) is 0 Å². The molecule has 0 aliphatic carbocycles. The second kappa shape index (κ2) is 19.4. The molecule has 3 unspecified atom stereocenters. The number of nitrogens with one attached hydrogen (secondary N) is 5. The van der Waals surface area contributed by atoms with E-state index in [0.29, 0.717) is 12.0 Å². The van der Waals surface area contributed by atoms with Gasteiger partial charge in [0.05, 0.1) is 26.2 Å². The number of nitrogens with zero attached hydrogens (tertiary/aromatic N) is 1. The Kier molecular flexibility index (Phi) is 14.7. The van der Waals surface area contributed by atoms with Gasteiger partial charge in [0.2, 0.25) is 35.4 Å². The summed E-state index contributed by atoms with van der Waals surface area (Å²) < 4.78 is 4.95. The van der Waals surface area contributed by atoms with Crippen molar-refractivity contribution in [2.24, 2.45) is 0 Å². The van der Waals surface area contributed by atoms with E-state index < -0.39 is 60.8 Å². The molecule has 4 bridgehead atoms. The number of likely N-dealkylation sites (N-methyl/N-ethyl adjacent to an activating group) is 1. The first-order valence-corrected chi connectivity index (χ1v) is 17.8. The lowest BCUT2D eigenvalue weighted by atomic mass is 9.94. The molecule has 2 aliphatic rings. The highest BCUT2D eigenvalue weighted by Gasteiger charge is 2.33. The summed E-state index contributed by atoms with van der Waals surface area (Å²) in [6.07, 6.45) is 4.70. The third-order valence-electron chi connectivity index (χ3n) is 8.98. The topological polar surface area (TPSA) is 236 Å². The third-order valence-corrected chi connectivity index (χ3v) is 8.98. The number of phenols is 2. The standard InChI is InChI=1S/C37H48N6O10/c1-3-4-5-6-7-8-31(47)38-14-13-32(48)39-20-34(50)43(2)35-23-10-12-28(45)25(17-23)24-15-22(9-11-27(24)44)16-26(42-33(49)19-41-37(35)52)36(51)40-18-29(46)30-21-53-30/h9-12,15,17,26,30,35,44-45H,3-8,13-14,16,18-21H2,1-2H3,(H,38,47)(H,39,48)(H,40,51)(H,41,52)(H,42,49). The summed E-state index contributed by atoms with van der Waals surface area (Å²) in [6.45, 7) is 1.11. The summed E-state index contributed by atoms with van der Waals surface area (Å²) in [5.41, 5.74) is 0.977. The Balaban J connectivity index is 1.47. The van der Waals surface area contributed by atoms with Crippen LogP contribution < -0.4 is 26.6 Å². The van der Waals surface area contributed by atoms with E-state index in [2.05, 4.69) is 33.5 Å². The van der Waals surface area contributed by atoms with Gasteiger partial charge in [-0.1, -0.05) is 44.7 Å². The van der Waals surface area contributed by atoms with Crippen molar-refractivity contribution in [1.29, 1.82) is 0 Å². The summed E-state index contributed by atoms with van der Waals surface area (Å²) in [5, 5.41) is 34.4. The van der Waals surface area contributed by atoms with Gasteiger partial charge in [-0.05, 0) is 41.8 Å². The molecule has 2 aromatic rings. The fraction of sp³-hybridized carbons (Fsp3) is 0.486. The fourth-order valence-electron chi connectivity index (χ4n) is 5.84. The fourth-order valence-corrected chi connectivity index (χ4v) is 5.84. The highest BCUT2D eigenvalue weighted by molar-refractivity contribution is 5.96. The van der Waals surface area contributed by atoms with E-state index in [-0.39, 0.29) is 72.4 Å². The Morgan fingerprint density at radius 1 is 0.868 bits per heavy atom. The van der Waals surface area contributed by atoms with Crippen molar-refractivity contribution in [2.45, 2.75) is 76.5 Å². The first-order chi connectivity index (χ1) is 25.4. The van der Waals surface area contributed by atoms with Gasteiger partial charge < -0.3 is 46.4 Å². The van der Waals surface area contributed by atoms with Crippen LogP contribution in [0.25, 0.3) is 11.1 Å². The van der Waals surface area contributed by atoms with E-state index >= 15 is 0 Å². The van der Waals surface area contributed by atoms with Gasteiger partial charge in [-0.2, -0.15) is 0 Å². The van der Waals surface area contributed by atoms with E-state index in [1.165, 1.54) is 43.4 Å². The number of hydrogen-bond acceptors (Lipinski definition) is 10. The van der Waals surface area contributed by atoms with Crippen LogP contribution in [0.5, 0.6) is 11.5 Å². The second-order valence-corrected chi connectivity index (χ2v) is 13.1. The Hall–Kier alpha value is -5.51. The highest BCUT2D eigenvalue weighted by Crippen LogP contribution is 2.38. The van der Waals surface area contributed by atoms with Crippen molar-refractivity contribution in [2.75, 3.05) is 39.8 Å². The molecule has 7 N–H and O–H groups in total. The molecule has 0 aromatic heterocycles. The van der Waals surface area contributed by atoms with Crippen LogP contribution in [0.3, 0.4) is 0 Å². The minimum atomic E-state index is -1.37. The van der Waals surface area contributed by atoms with Crippen molar-refractivity contribution in [1.82, 2.24) is 31.5 Å². The zero-order valence-electron chi connectivity index (χ0n) is 30.0. The van der Waals surface area contributed by atoms with Gasteiger partial charge >= 0.3 is 0 Å². The van der Waals surface area contributed by atoms with Crippen LogP contribution >= 0.6 is 0 Å². The zero-order valence-corrected chi connectivity index (χ0v) is 30.0. The maximum Gasteiger partial charge on any atom is 0.247 e. The van der Waals surface area contributed by atoms with E-state index in [4.69, 9.17) is 4.74 Å². The molecule has 0 spiro atoms.